The van der Waals surface area contributed by atoms with Crippen LogP contribution in [0.1, 0.15) is 30.5 Å². The van der Waals surface area contributed by atoms with Crippen LogP contribution in [0.15, 0.2) is 49.0 Å². The normalized spacial score (nSPS) is 10.7. The van der Waals surface area contributed by atoms with Gasteiger partial charge in [-0.15, -0.1) is 0 Å². The van der Waals surface area contributed by atoms with Crippen molar-refractivity contribution < 1.29 is 4.74 Å². The molecule has 23 heavy (non-hydrogen) atoms. The zero-order valence-electron chi connectivity index (χ0n) is 14.3. The molecule has 0 amide bonds. The first-order valence-corrected chi connectivity index (χ1v) is 8.05. The van der Waals surface area contributed by atoms with Gasteiger partial charge in [-0.3, -0.25) is 0 Å². The predicted molar refractivity (Wildman–Crippen MR) is 102 cm³/mol. The number of methoxy groups -OCH3 is 1. The van der Waals surface area contributed by atoms with E-state index in [0.717, 1.165) is 35.5 Å². The second kappa shape index (κ2) is 8.23. The van der Waals surface area contributed by atoms with E-state index in [1.165, 1.54) is 5.69 Å². The Morgan fingerprint density at radius 3 is 2.17 bits per heavy atom. The first kappa shape index (κ1) is 16.9. The Hall–Kier alpha value is -2.48. The maximum atomic E-state index is 5.56. The Kier molecular flexibility index (Phi) is 6.04. The summed E-state index contributed by atoms with van der Waals surface area (Å²) in [5.74, 6) is 0.897. The Morgan fingerprint density at radius 2 is 1.61 bits per heavy atom. The number of hydrogen-bond donors (Lipinski definition) is 0. The summed E-state index contributed by atoms with van der Waals surface area (Å²) in [6.07, 6.45) is 6.04. The molecule has 0 heterocycles. The minimum Gasteiger partial charge on any atom is -0.496 e. The van der Waals surface area contributed by atoms with Crippen LogP contribution in [0.5, 0.6) is 5.75 Å². The van der Waals surface area contributed by atoms with E-state index in [1.54, 1.807) is 7.11 Å². The van der Waals surface area contributed by atoms with Crippen LogP contribution in [-0.4, -0.2) is 20.2 Å². The number of nitrogens with zero attached hydrogens (tertiary/aromatic N) is 1. The first-order valence-electron chi connectivity index (χ1n) is 8.05. The fraction of sp³-hybridized carbons (Fsp3) is 0.238. The van der Waals surface area contributed by atoms with Gasteiger partial charge >= 0.3 is 0 Å². The van der Waals surface area contributed by atoms with Crippen molar-refractivity contribution in [2.45, 2.75) is 13.8 Å². The van der Waals surface area contributed by atoms with Crippen LogP contribution < -0.4 is 9.64 Å². The molecular formula is C21H25NO. The Bertz CT molecular complexity index is 667. The van der Waals surface area contributed by atoms with Gasteiger partial charge in [0.1, 0.15) is 5.75 Å². The summed E-state index contributed by atoms with van der Waals surface area (Å²) in [6.45, 7) is 10.1. The summed E-state index contributed by atoms with van der Waals surface area (Å²) in [4.78, 5) is 2.31. The second-order valence-electron chi connectivity index (χ2n) is 5.30. The topological polar surface area (TPSA) is 12.5 Å². The van der Waals surface area contributed by atoms with Crippen LogP contribution in [0.4, 0.5) is 5.69 Å². The van der Waals surface area contributed by atoms with Crippen molar-refractivity contribution >= 4 is 23.9 Å². The van der Waals surface area contributed by atoms with Gasteiger partial charge in [0.05, 0.1) is 7.11 Å². The molecule has 0 atom stereocenters. The van der Waals surface area contributed by atoms with Gasteiger partial charge in [-0.2, -0.15) is 0 Å². The highest BCUT2D eigenvalue weighted by atomic mass is 16.5. The first-order chi connectivity index (χ1) is 11.2. The summed E-state index contributed by atoms with van der Waals surface area (Å²) < 4.78 is 5.56. The van der Waals surface area contributed by atoms with E-state index in [0.29, 0.717) is 0 Å². The molecular weight excluding hydrogens is 282 g/mol. The van der Waals surface area contributed by atoms with E-state index in [4.69, 9.17) is 4.74 Å². The quantitative estimate of drug-likeness (QED) is 0.639. The summed E-state index contributed by atoms with van der Waals surface area (Å²) in [5, 5.41) is 0. The molecule has 0 unspecified atom stereocenters. The predicted octanol–water partition coefficient (Wildman–Crippen LogP) is 5.35. The monoisotopic (exact) mass is 307 g/mol. The van der Waals surface area contributed by atoms with Crippen molar-refractivity contribution in [2.24, 2.45) is 0 Å². The van der Waals surface area contributed by atoms with E-state index in [1.807, 2.05) is 6.08 Å². The average molecular weight is 307 g/mol. The molecule has 0 saturated heterocycles. The molecule has 0 bridgehead atoms. The third-order valence-electron chi connectivity index (χ3n) is 3.97. The van der Waals surface area contributed by atoms with Gasteiger partial charge in [0.25, 0.3) is 0 Å². The molecule has 0 aliphatic rings. The van der Waals surface area contributed by atoms with Gasteiger partial charge in [-0.25, -0.2) is 0 Å². The molecule has 0 N–H and O–H groups in total. The van der Waals surface area contributed by atoms with E-state index < -0.39 is 0 Å². The number of benzene rings is 2. The summed E-state index contributed by atoms with van der Waals surface area (Å²) in [6, 6.07) is 14.7. The van der Waals surface area contributed by atoms with E-state index in [2.05, 4.69) is 79.9 Å². The Morgan fingerprint density at radius 1 is 0.957 bits per heavy atom. The minimum atomic E-state index is 0.897. The third kappa shape index (κ3) is 4.26. The fourth-order valence-electron chi connectivity index (χ4n) is 2.55. The highest BCUT2D eigenvalue weighted by molar-refractivity contribution is 5.74. The maximum Gasteiger partial charge on any atom is 0.128 e. The van der Waals surface area contributed by atoms with Crippen LogP contribution in [-0.2, 0) is 0 Å². The molecule has 0 spiro atoms. The van der Waals surface area contributed by atoms with E-state index in [9.17, 15) is 0 Å². The van der Waals surface area contributed by atoms with Crippen LogP contribution in [0.3, 0.4) is 0 Å². The lowest BCUT2D eigenvalue weighted by Gasteiger charge is -2.22. The van der Waals surface area contributed by atoms with Crippen LogP contribution in [0.25, 0.3) is 18.2 Å². The Labute approximate surface area is 139 Å². The highest BCUT2D eigenvalue weighted by Gasteiger charge is 2.06. The van der Waals surface area contributed by atoms with Gasteiger partial charge in [-0.1, -0.05) is 49.1 Å². The number of ether oxygens (including phenoxy) is 1. The van der Waals surface area contributed by atoms with Crippen molar-refractivity contribution in [2.75, 3.05) is 25.1 Å². The lowest BCUT2D eigenvalue weighted by Crippen LogP contribution is -2.21. The molecule has 2 heteroatoms. The van der Waals surface area contributed by atoms with Crippen molar-refractivity contribution in [3.05, 3.63) is 65.7 Å². The number of rotatable bonds is 7. The fourth-order valence-corrected chi connectivity index (χ4v) is 2.55. The number of hydrogen-bond acceptors (Lipinski definition) is 2. The molecule has 2 aromatic rings. The van der Waals surface area contributed by atoms with E-state index >= 15 is 0 Å². The van der Waals surface area contributed by atoms with Gasteiger partial charge in [0.15, 0.2) is 0 Å². The molecule has 0 saturated carbocycles. The van der Waals surface area contributed by atoms with Crippen LogP contribution in [0.2, 0.25) is 0 Å². The number of anilines is 1. The van der Waals surface area contributed by atoms with Crippen LogP contribution >= 0.6 is 0 Å². The second-order valence-corrected chi connectivity index (χ2v) is 5.30. The zero-order valence-corrected chi connectivity index (χ0v) is 14.3. The SMILES string of the molecule is C=Cc1ccc(/C=C/c2ccc(N(CC)CC)cc2OC)cc1. The Balaban J connectivity index is 2.24. The zero-order chi connectivity index (χ0) is 16.7. The highest BCUT2D eigenvalue weighted by Crippen LogP contribution is 2.27. The molecule has 0 aliphatic carbocycles. The largest absolute Gasteiger partial charge is 0.496 e. The molecule has 2 rings (SSSR count). The lowest BCUT2D eigenvalue weighted by molar-refractivity contribution is 0.414. The third-order valence-corrected chi connectivity index (χ3v) is 3.97. The molecule has 120 valence electrons. The summed E-state index contributed by atoms with van der Waals surface area (Å²) >= 11 is 0. The van der Waals surface area contributed by atoms with Crippen LogP contribution in [0, 0.1) is 0 Å². The van der Waals surface area contributed by atoms with Crippen molar-refractivity contribution in [3.8, 4) is 5.75 Å². The molecule has 0 fully saturated rings. The van der Waals surface area contributed by atoms with Crippen molar-refractivity contribution in [1.82, 2.24) is 0 Å². The van der Waals surface area contributed by atoms with E-state index in [-0.39, 0.29) is 0 Å². The standard InChI is InChI=1S/C21H25NO/c1-5-17-8-10-18(11-9-17)12-13-19-14-15-20(16-21(19)23-4)22(6-2)7-3/h5,8-16H,1,6-7H2,2-4H3/b13-12+. The van der Waals surface area contributed by atoms with Gasteiger partial charge < -0.3 is 9.64 Å². The minimum absolute atomic E-state index is 0.897. The molecule has 2 nitrogen and oxygen atoms in total. The maximum absolute atomic E-state index is 5.56. The molecule has 2 aromatic carbocycles. The summed E-state index contributed by atoms with van der Waals surface area (Å²) in [7, 11) is 1.72. The smallest absolute Gasteiger partial charge is 0.128 e. The molecule has 0 aliphatic heterocycles. The van der Waals surface area contributed by atoms with Crippen molar-refractivity contribution in [3.63, 3.8) is 0 Å². The molecule has 0 aromatic heterocycles. The lowest BCUT2D eigenvalue weighted by atomic mass is 10.1. The molecule has 0 radical (unpaired) electrons. The van der Waals surface area contributed by atoms with Gasteiger partial charge in [0.2, 0.25) is 0 Å². The van der Waals surface area contributed by atoms with Gasteiger partial charge in [0, 0.05) is 30.4 Å². The van der Waals surface area contributed by atoms with Crippen molar-refractivity contribution in [1.29, 1.82) is 0 Å². The summed E-state index contributed by atoms with van der Waals surface area (Å²) in [5.41, 5.74) is 4.56. The average Bonchev–Trinajstić information content (AvgIpc) is 2.61. The van der Waals surface area contributed by atoms with Gasteiger partial charge in [-0.05, 0) is 37.1 Å².